The molecule has 0 saturated carbocycles. The second kappa shape index (κ2) is 7.48. The Labute approximate surface area is 103 Å². The molecule has 1 heterocycles. The minimum absolute atomic E-state index is 0.318. The summed E-state index contributed by atoms with van der Waals surface area (Å²) in [5.41, 5.74) is 0. The van der Waals surface area contributed by atoms with Crippen LogP contribution in [0, 0.1) is 5.92 Å². The van der Waals surface area contributed by atoms with Crippen LogP contribution in [0.2, 0.25) is 0 Å². The van der Waals surface area contributed by atoms with Crippen LogP contribution in [0.15, 0.2) is 22.8 Å². The van der Waals surface area contributed by atoms with Crippen molar-refractivity contribution in [2.45, 2.75) is 39.5 Å². The van der Waals surface area contributed by atoms with Crippen molar-refractivity contribution < 1.29 is 14.3 Å². The van der Waals surface area contributed by atoms with Crippen LogP contribution in [-0.2, 0) is 11.3 Å². The van der Waals surface area contributed by atoms with Gasteiger partial charge in [-0.25, -0.2) is 0 Å². The maximum atomic E-state index is 9.69. The Morgan fingerprint density at radius 3 is 2.76 bits per heavy atom. The molecule has 0 aliphatic heterocycles. The number of rotatable bonds is 8. The topological polar surface area (TPSA) is 54.6 Å². The van der Waals surface area contributed by atoms with Crippen molar-refractivity contribution >= 4 is 0 Å². The predicted molar refractivity (Wildman–Crippen MR) is 66.7 cm³/mol. The van der Waals surface area contributed by atoms with Crippen molar-refractivity contribution in [3.05, 3.63) is 24.2 Å². The third-order valence-electron chi connectivity index (χ3n) is 2.81. The van der Waals surface area contributed by atoms with Crippen molar-refractivity contribution in [1.29, 1.82) is 0 Å². The van der Waals surface area contributed by atoms with Gasteiger partial charge in [0.25, 0.3) is 0 Å². The molecular formula is C13H23NO3. The smallest absolute Gasteiger partial charge is 0.129 e. The fraction of sp³-hybridized carbons (Fsp3) is 0.692. The van der Waals surface area contributed by atoms with Gasteiger partial charge in [0.1, 0.15) is 12.4 Å². The largest absolute Gasteiger partial charge is 0.467 e. The molecule has 0 amide bonds. The molecule has 2 atom stereocenters. The van der Waals surface area contributed by atoms with Crippen LogP contribution in [0.4, 0.5) is 0 Å². The lowest BCUT2D eigenvalue weighted by molar-refractivity contribution is 0.0212. The zero-order chi connectivity index (χ0) is 12.7. The highest BCUT2D eigenvalue weighted by atomic mass is 16.5. The lowest BCUT2D eigenvalue weighted by Crippen LogP contribution is -2.38. The zero-order valence-corrected chi connectivity index (χ0v) is 10.8. The molecule has 2 N–H and O–H groups in total. The molecule has 1 aromatic rings. The molecule has 0 saturated heterocycles. The molecule has 0 radical (unpaired) electrons. The fourth-order valence-electron chi connectivity index (χ4n) is 1.31. The van der Waals surface area contributed by atoms with E-state index in [9.17, 15) is 5.11 Å². The summed E-state index contributed by atoms with van der Waals surface area (Å²) in [6.45, 7) is 7.69. The molecule has 17 heavy (non-hydrogen) atoms. The van der Waals surface area contributed by atoms with Gasteiger partial charge in [0, 0.05) is 12.6 Å². The van der Waals surface area contributed by atoms with Crippen molar-refractivity contribution in [1.82, 2.24) is 5.32 Å². The minimum Gasteiger partial charge on any atom is -0.467 e. The van der Waals surface area contributed by atoms with E-state index in [-0.39, 0.29) is 0 Å². The van der Waals surface area contributed by atoms with Gasteiger partial charge < -0.3 is 19.6 Å². The van der Waals surface area contributed by atoms with Gasteiger partial charge in [-0.05, 0) is 25.0 Å². The van der Waals surface area contributed by atoms with E-state index in [1.807, 2.05) is 12.1 Å². The quantitative estimate of drug-likeness (QED) is 0.728. The van der Waals surface area contributed by atoms with Crippen molar-refractivity contribution in [3.63, 3.8) is 0 Å². The monoisotopic (exact) mass is 241 g/mol. The molecule has 0 bridgehead atoms. The summed E-state index contributed by atoms with van der Waals surface area (Å²) in [6, 6.07) is 4.07. The van der Waals surface area contributed by atoms with Crippen LogP contribution in [-0.4, -0.2) is 30.4 Å². The van der Waals surface area contributed by atoms with Crippen LogP contribution in [0.3, 0.4) is 0 Å². The number of aliphatic hydroxyl groups is 1. The number of furan rings is 1. The highest BCUT2D eigenvalue weighted by Crippen LogP contribution is 2.03. The Bertz CT molecular complexity index is 285. The van der Waals surface area contributed by atoms with Gasteiger partial charge in [-0.3, -0.25) is 0 Å². The Balaban J connectivity index is 2.07. The van der Waals surface area contributed by atoms with Gasteiger partial charge in [-0.15, -0.1) is 0 Å². The number of nitrogens with one attached hydrogen (secondary N) is 1. The van der Waals surface area contributed by atoms with E-state index in [4.69, 9.17) is 9.15 Å². The summed E-state index contributed by atoms with van der Waals surface area (Å²) < 4.78 is 10.5. The zero-order valence-electron chi connectivity index (χ0n) is 10.8. The number of ether oxygens (including phenoxy) is 1. The molecule has 1 aromatic heterocycles. The van der Waals surface area contributed by atoms with Gasteiger partial charge in [0.15, 0.2) is 0 Å². The van der Waals surface area contributed by atoms with Crippen LogP contribution in [0.1, 0.15) is 26.5 Å². The van der Waals surface area contributed by atoms with Crippen LogP contribution < -0.4 is 5.32 Å². The van der Waals surface area contributed by atoms with E-state index in [0.29, 0.717) is 31.7 Å². The standard InChI is InChI=1S/C13H23NO3/c1-10(2)11(3)14-7-12(15)8-16-9-13-5-4-6-17-13/h4-6,10-12,14-15H,7-9H2,1-3H3. The summed E-state index contributed by atoms with van der Waals surface area (Å²) in [6.07, 6.45) is 1.13. The molecule has 1 rings (SSSR count). The minimum atomic E-state index is -0.480. The van der Waals surface area contributed by atoms with Crippen molar-refractivity contribution in [3.8, 4) is 0 Å². The van der Waals surface area contributed by atoms with E-state index in [0.717, 1.165) is 5.76 Å². The van der Waals surface area contributed by atoms with Crippen molar-refractivity contribution in [2.75, 3.05) is 13.2 Å². The summed E-state index contributed by atoms with van der Waals surface area (Å²) in [5, 5.41) is 13.0. The maximum absolute atomic E-state index is 9.69. The molecule has 0 aliphatic rings. The second-order valence-corrected chi connectivity index (χ2v) is 4.69. The molecule has 4 nitrogen and oxygen atoms in total. The van der Waals surface area contributed by atoms with E-state index in [2.05, 4.69) is 26.1 Å². The average molecular weight is 241 g/mol. The number of hydrogen-bond donors (Lipinski definition) is 2. The molecule has 0 aromatic carbocycles. The van der Waals surface area contributed by atoms with Crippen LogP contribution >= 0.6 is 0 Å². The van der Waals surface area contributed by atoms with Gasteiger partial charge in [-0.1, -0.05) is 13.8 Å². The molecule has 2 unspecified atom stereocenters. The average Bonchev–Trinajstić information content (AvgIpc) is 2.78. The van der Waals surface area contributed by atoms with Gasteiger partial charge >= 0.3 is 0 Å². The van der Waals surface area contributed by atoms with E-state index in [1.165, 1.54) is 0 Å². The number of hydrogen-bond acceptors (Lipinski definition) is 4. The Morgan fingerprint density at radius 1 is 1.41 bits per heavy atom. The van der Waals surface area contributed by atoms with E-state index >= 15 is 0 Å². The van der Waals surface area contributed by atoms with E-state index < -0.39 is 6.10 Å². The fourth-order valence-corrected chi connectivity index (χ4v) is 1.31. The lowest BCUT2D eigenvalue weighted by atomic mass is 10.1. The Morgan fingerprint density at radius 2 is 2.18 bits per heavy atom. The first-order valence-corrected chi connectivity index (χ1v) is 6.11. The second-order valence-electron chi connectivity index (χ2n) is 4.69. The summed E-state index contributed by atoms with van der Waals surface area (Å²) in [4.78, 5) is 0. The molecule has 0 spiro atoms. The lowest BCUT2D eigenvalue weighted by Gasteiger charge is -2.19. The summed E-state index contributed by atoms with van der Waals surface area (Å²) in [7, 11) is 0. The Kier molecular flexibility index (Phi) is 6.26. The van der Waals surface area contributed by atoms with E-state index in [1.54, 1.807) is 6.26 Å². The van der Waals surface area contributed by atoms with Gasteiger partial charge in [0.05, 0.1) is 19.0 Å². The Hall–Kier alpha value is -0.840. The molecule has 4 heteroatoms. The third kappa shape index (κ3) is 5.86. The van der Waals surface area contributed by atoms with Crippen LogP contribution in [0.25, 0.3) is 0 Å². The third-order valence-corrected chi connectivity index (χ3v) is 2.81. The number of aliphatic hydroxyl groups excluding tert-OH is 1. The molecule has 0 aliphatic carbocycles. The summed E-state index contributed by atoms with van der Waals surface area (Å²) >= 11 is 0. The predicted octanol–water partition coefficient (Wildman–Crippen LogP) is 1.79. The molecule has 98 valence electrons. The normalized spacial score (nSPS) is 15.1. The molecular weight excluding hydrogens is 218 g/mol. The highest BCUT2D eigenvalue weighted by molar-refractivity contribution is 4.96. The SMILES string of the molecule is CC(C)C(C)NCC(O)COCc1ccco1. The highest BCUT2D eigenvalue weighted by Gasteiger charge is 2.10. The van der Waals surface area contributed by atoms with Gasteiger partial charge in [0.2, 0.25) is 0 Å². The maximum Gasteiger partial charge on any atom is 0.129 e. The van der Waals surface area contributed by atoms with Crippen LogP contribution in [0.5, 0.6) is 0 Å². The summed E-state index contributed by atoms with van der Waals surface area (Å²) in [5.74, 6) is 1.34. The first kappa shape index (κ1) is 14.2. The first-order valence-electron chi connectivity index (χ1n) is 6.11. The first-order chi connectivity index (χ1) is 8.09. The van der Waals surface area contributed by atoms with Crippen molar-refractivity contribution in [2.24, 2.45) is 5.92 Å². The van der Waals surface area contributed by atoms with Gasteiger partial charge in [-0.2, -0.15) is 0 Å². The molecule has 0 fully saturated rings.